The van der Waals surface area contributed by atoms with Gasteiger partial charge in [-0.3, -0.25) is 0 Å². The second-order valence-corrected chi connectivity index (χ2v) is 6.85. The molecule has 1 saturated heterocycles. The minimum Gasteiger partial charge on any atom is -0.348 e. The van der Waals surface area contributed by atoms with Crippen molar-refractivity contribution < 1.29 is 9.47 Å². The molecular weight excluding hydrogens is 252 g/mol. The highest BCUT2D eigenvalue weighted by molar-refractivity contribution is 4.91. The molecule has 20 heavy (non-hydrogen) atoms. The molecule has 1 heterocycles. The van der Waals surface area contributed by atoms with Gasteiger partial charge in [-0.15, -0.1) is 0 Å². The molecule has 2 N–H and O–H groups in total. The predicted octanol–water partition coefficient (Wildman–Crippen LogP) is 2.12. The van der Waals surface area contributed by atoms with Gasteiger partial charge in [-0.05, 0) is 45.2 Å². The van der Waals surface area contributed by atoms with E-state index < -0.39 is 0 Å². The van der Waals surface area contributed by atoms with Crippen LogP contribution in [0.1, 0.15) is 51.4 Å². The van der Waals surface area contributed by atoms with Crippen LogP contribution in [0.5, 0.6) is 0 Å². The smallest absolute Gasteiger partial charge is 0.168 e. The second-order valence-electron chi connectivity index (χ2n) is 6.85. The van der Waals surface area contributed by atoms with Crippen molar-refractivity contribution in [1.29, 1.82) is 0 Å². The Hall–Kier alpha value is -0.160. The summed E-state index contributed by atoms with van der Waals surface area (Å²) in [6, 6.07) is 1.38. The lowest BCUT2D eigenvalue weighted by Crippen LogP contribution is -2.50. The lowest BCUT2D eigenvalue weighted by molar-refractivity contribution is -0.185. The Morgan fingerprint density at radius 2 is 1.70 bits per heavy atom. The number of rotatable bonds is 3. The minimum absolute atomic E-state index is 0.225. The van der Waals surface area contributed by atoms with E-state index >= 15 is 0 Å². The van der Waals surface area contributed by atoms with E-state index in [9.17, 15) is 0 Å². The number of hydrogen-bond donors (Lipinski definition) is 1. The van der Waals surface area contributed by atoms with Gasteiger partial charge in [0.25, 0.3) is 0 Å². The van der Waals surface area contributed by atoms with Crippen molar-refractivity contribution in [2.75, 3.05) is 26.8 Å². The average Bonchev–Trinajstić information content (AvgIpc) is 2.95. The molecule has 2 atom stereocenters. The normalized spacial score (nSPS) is 35.0. The summed E-state index contributed by atoms with van der Waals surface area (Å²) in [6.07, 6.45) is 9.88. The number of nitrogens with two attached hydrogens (primary N) is 1. The molecule has 0 aromatic rings. The van der Waals surface area contributed by atoms with Crippen molar-refractivity contribution in [2.45, 2.75) is 69.2 Å². The summed E-state index contributed by atoms with van der Waals surface area (Å²) in [5.74, 6) is 0.473. The van der Waals surface area contributed by atoms with Crippen LogP contribution in [-0.4, -0.2) is 49.6 Å². The Kier molecular flexibility index (Phi) is 4.65. The van der Waals surface area contributed by atoms with E-state index in [1.807, 2.05) is 0 Å². The highest BCUT2D eigenvalue weighted by Crippen LogP contribution is 2.39. The molecule has 3 aliphatic rings. The van der Waals surface area contributed by atoms with Gasteiger partial charge in [0.05, 0.1) is 13.2 Å². The molecular formula is C16H30N2O2. The van der Waals surface area contributed by atoms with Crippen molar-refractivity contribution in [3.05, 3.63) is 0 Å². The first-order valence-corrected chi connectivity index (χ1v) is 8.44. The van der Waals surface area contributed by atoms with Crippen LogP contribution in [0.4, 0.5) is 0 Å². The molecule has 0 radical (unpaired) electrons. The van der Waals surface area contributed by atoms with E-state index in [1.165, 1.54) is 38.5 Å². The van der Waals surface area contributed by atoms with Gasteiger partial charge in [0.2, 0.25) is 0 Å². The monoisotopic (exact) mass is 282 g/mol. The van der Waals surface area contributed by atoms with E-state index in [1.54, 1.807) is 0 Å². The summed E-state index contributed by atoms with van der Waals surface area (Å²) in [4.78, 5) is 2.64. The lowest BCUT2D eigenvalue weighted by atomic mass is 9.81. The first-order valence-electron chi connectivity index (χ1n) is 8.44. The van der Waals surface area contributed by atoms with E-state index in [0.717, 1.165) is 32.6 Å². The third-order valence-electron chi connectivity index (χ3n) is 5.80. The first kappa shape index (κ1) is 14.8. The fourth-order valence-electron chi connectivity index (χ4n) is 4.51. The van der Waals surface area contributed by atoms with Gasteiger partial charge in [0.15, 0.2) is 5.79 Å². The Balaban J connectivity index is 1.56. The number of ether oxygens (including phenoxy) is 2. The quantitative estimate of drug-likeness (QED) is 0.861. The Bertz CT molecular complexity index is 308. The molecule has 0 aromatic carbocycles. The van der Waals surface area contributed by atoms with Crippen LogP contribution in [0, 0.1) is 5.92 Å². The first-order chi connectivity index (χ1) is 9.74. The highest BCUT2D eigenvalue weighted by atomic mass is 16.7. The molecule has 1 aliphatic heterocycles. The van der Waals surface area contributed by atoms with Crippen molar-refractivity contribution in [3.8, 4) is 0 Å². The van der Waals surface area contributed by atoms with Gasteiger partial charge in [0.1, 0.15) is 0 Å². The molecule has 0 amide bonds. The topological polar surface area (TPSA) is 47.7 Å². The minimum atomic E-state index is -0.225. The zero-order valence-electron chi connectivity index (χ0n) is 12.9. The number of nitrogens with zero attached hydrogens (tertiary/aromatic N) is 1. The van der Waals surface area contributed by atoms with E-state index in [4.69, 9.17) is 15.2 Å². The van der Waals surface area contributed by atoms with Crippen LogP contribution in [0.3, 0.4) is 0 Å². The van der Waals surface area contributed by atoms with Crippen molar-refractivity contribution in [3.63, 3.8) is 0 Å². The van der Waals surface area contributed by atoms with Crippen LogP contribution >= 0.6 is 0 Å². The molecule has 1 spiro atoms. The summed E-state index contributed by atoms with van der Waals surface area (Å²) < 4.78 is 11.7. The third kappa shape index (κ3) is 2.89. The molecule has 2 aliphatic carbocycles. The Morgan fingerprint density at radius 1 is 1.05 bits per heavy atom. The van der Waals surface area contributed by atoms with Crippen LogP contribution < -0.4 is 5.73 Å². The van der Waals surface area contributed by atoms with Gasteiger partial charge < -0.3 is 20.1 Å². The van der Waals surface area contributed by atoms with E-state index in [2.05, 4.69) is 11.9 Å². The van der Waals surface area contributed by atoms with Crippen LogP contribution in [0.2, 0.25) is 0 Å². The third-order valence-corrected chi connectivity index (χ3v) is 5.80. The molecule has 3 fully saturated rings. The molecule has 116 valence electrons. The molecule has 2 unspecified atom stereocenters. The van der Waals surface area contributed by atoms with Gasteiger partial charge in [0, 0.05) is 24.9 Å². The molecule has 3 rings (SSSR count). The zero-order chi connectivity index (χ0) is 14.0. The molecule has 4 nitrogen and oxygen atoms in total. The van der Waals surface area contributed by atoms with E-state index in [-0.39, 0.29) is 5.79 Å². The van der Waals surface area contributed by atoms with Crippen LogP contribution in [-0.2, 0) is 9.47 Å². The lowest BCUT2D eigenvalue weighted by Gasteiger charge is -2.45. The maximum absolute atomic E-state index is 5.99. The summed E-state index contributed by atoms with van der Waals surface area (Å²) in [5.41, 5.74) is 5.99. The maximum atomic E-state index is 5.99. The van der Waals surface area contributed by atoms with Crippen LogP contribution in [0.15, 0.2) is 0 Å². The number of hydrogen-bond acceptors (Lipinski definition) is 4. The van der Waals surface area contributed by atoms with E-state index in [0.29, 0.717) is 18.0 Å². The maximum Gasteiger partial charge on any atom is 0.168 e. The van der Waals surface area contributed by atoms with Gasteiger partial charge in [-0.25, -0.2) is 0 Å². The Morgan fingerprint density at radius 3 is 2.35 bits per heavy atom. The van der Waals surface area contributed by atoms with Gasteiger partial charge in [-0.2, -0.15) is 0 Å². The summed E-state index contributed by atoms with van der Waals surface area (Å²) in [6.45, 7) is 2.40. The summed E-state index contributed by atoms with van der Waals surface area (Å²) >= 11 is 0. The molecule has 0 aromatic heterocycles. The van der Waals surface area contributed by atoms with Gasteiger partial charge >= 0.3 is 0 Å². The average molecular weight is 282 g/mol. The summed E-state index contributed by atoms with van der Waals surface area (Å²) in [5, 5.41) is 0. The SMILES string of the molecule is CN(C1CCC2(CC1)OCCO2)C1CCCCC1CN. The van der Waals surface area contributed by atoms with Crippen molar-refractivity contribution >= 4 is 0 Å². The fourth-order valence-corrected chi connectivity index (χ4v) is 4.51. The standard InChI is InChI=1S/C16H30N2O2/c1-18(15-5-3-2-4-13(15)12-17)14-6-8-16(9-7-14)19-10-11-20-16/h13-15H,2-12,17H2,1H3. The van der Waals surface area contributed by atoms with Crippen molar-refractivity contribution in [1.82, 2.24) is 4.90 Å². The second kappa shape index (κ2) is 6.30. The molecule has 4 heteroatoms. The van der Waals surface area contributed by atoms with Crippen LogP contribution in [0.25, 0.3) is 0 Å². The van der Waals surface area contributed by atoms with Gasteiger partial charge in [-0.1, -0.05) is 12.8 Å². The zero-order valence-corrected chi connectivity index (χ0v) is 12.9. The predicted molar refractivity (Wildman–Crippen MR) is 79.5 cm³/mol. The summed E-state index contributed by atoms with van der Waals surface area (Å²) in [7, 11) is 2.32. The Labute approximate surface area is 123 Å². The molecule has 2 saturated carbocycles. The largest absolute Gasteiger partial charge is 0.348 e. The molecule has 0 bridgehead atoms. The highest BCUT2D eigenvalue weighted by Gasteiger charge is 2.42. The fraction of sp³-hybridized carbons (Fsp3) is 1.00. The van der Waals surface area contributed by atoms with Crippen molar-refractivity contribution in [2.24, 2.45) is 11.7 Å².